The first-order valence-electron chi connectivity index (χ1n) is 5.49. The molecule has 0 spiro atoms. The van der Waals surface area contributed by atoms with Crippen molar-refractivity contribution in [3.63, 3.8) is 0 Å². The average Bonchev–Trinajstić information content (AvgIpc) is 2.71. The summed E-state index contributed by atoms with van der Waals surface area (Å²) in [6, 6.07) is 7.03. The van der Waals surface area contributed by atoms with Crippen molar-refractivity contribution in [2.45, 2.75) is 32.1 Å². The number of hydrogen-bond donors (Lipinski definition) is 0. The third kappa shape index (κ3) is 2.55. The van der Waals surface area contributed by atoms with E-state index in [2.05, 4.69) is 0 Å². The van der Waals surface area contributed by atoms with Crippen molar-refractivity contribution in [1.82, 2.24) is 0 Å². The fourth-order valence-electron chi connectivity index (χ4n) is 2.34. The van der Waals surface area contributed by atoms with Crippen LogP contribution in [0.3, 0.4) is 0 Å². The van der Waals surface area contributed by atoms with Gasteiger partial charge in [-0.25, -0.2) is 0 Å². The first-order chi connectivity index (χ1) is 7.25. The van der Waals surface area contributed by atoms with Crippen LogP contribution in [0.15, 0.2) is 24.3 Å². The van der Waals surface area contributed by atoms with Gasteiger partial charge in [-0.1, -0.05) is 37.8 Å². The molecule has 0 atom stereocenters. The van der Waals surface area contributed by atoms with E-state index in [4.69, 9.17) is 0 Å². The highest BCUT2D eigenvalue weighted by atomic mass is 16.6. The minimum absolute atomic E-state index is 0.213. The quantitative estimate of drug-likeness (QED) is 0.561. The van der Waals surface area contributed by atoms with Crippen LogP contribution in [-0.4, -0.2) is 4.92 Å². The Balaban J connectivity index is 2.07. The highest BCUT2D eigenvalue weighted by Crippen LogP contribution is 2.28. The molecule has 3 heteroatoms. The molecule has 1 aliphatic carbocycles. The molecule has 0 N–H and O–H groups in total. The largest absolute Gasteiger partial charge is 0.269 e. The Morgan fingerprint density at radius 2 is 2.07 bits per heavy atom. The van der Waals surface area contributed by atoms with Crippen molar-refractivity contribution in [2.75, 3.05) is 0 Å². The Morgan fingerprint density at radius 3 is 2.73 bits per heavy atom. The van der Waals surface area contributed by atoms with Gasteiger partial charge in [0.05, 0.1) is 4.92 Å². The zero-order chi connectivity index (χ0) is 10.7. The van der Waals surface area contributed by atoms with Crippen molar-refractivity contribution < 1.29 is 4.92 Å². The topological polar surface area (TPSA) is 43.1 Å². The molecule has 0 heterocycles. The van der Waals surface area contributed by atoms with E-state index < -0.39 is 0 Å². The van der Waals surface area contributed by atoms with E-state index in [0.717, 1.165) is 17.9 Å². The minimum atomic E-state index is -0.321. The summed E-state index contributed by atoms with van der Waals surface area (Å²) in [7, 11) is 0. The molecular weight excluding hydrogens is 190 g/mol. The lowest BCUT2D eigenvalue weighted by Crippen LogP contribution is -1.99. The van der Waals surface area contributed by atoms with Gasteiger partial charge in [-0.05, 0) is 17.9 Å². The Bertz CT molecular complexity index is 356. The summed E-state index contributed by atoms with van der Waals surface area (Å²) in [6.07, 6.45) is 6.20. The van der Waals surface area contributed by atoms with Gasteiger partial charge in [0.15, 0.2) is 0 Å². The van der Waals surface area contributed by atoms with Crippen LogP contribution in [0.1, 0.15) is 31.2 Å². The summed E-state index contributed by atoms with van der Waals surface area (Å²) in [6.45, 7) is 0. The molecule has 0 saturated heterocycles. The van der Waals surface area contributed by atoms with Crippen molar-refractivity contribution in [3.8, 4) is 0 Å². The van der Waals surface area contributed by atoms with E-state index in [1.54, 1.807) is 18.2 Å². The molecule has 0 radical (unpaired) electrons. The molecule has 3 nitrogen and oxygen atoms in total. The Labute approximate surface area is 89.3 Å². The standard InChI is InChI=1S/C12H15NO2/c14-13(15)12-7-3-6-11(9-12)8-10-4-1-2-5-10/h3,6-7,9-10H,1-2,4-5,8H2. The lowest BCUT2D eigenvalue weighted by Gasteiger charge is -2.07. The second-order valence-electron chi connectivity index (χ2n) is 4.28. The summed E-state index contributed by atoms with van der Waals surface area (Å²) >= 11 is 0. The molecular formula is C12H15NO2. The minimum Gasteiger partial charge on any atom is -0.258 e. The molecule has 0 bridgehead atoms. The van der Waals surface area contributed by atoms with Crippen LogP contribution in [-0.2, 0) is 6.42 Å². The van der Waals surface area contributed by atoms with Crippen LogP contribution in [0.4, 0.5) is 5.69 Å². The van der Waals surface area contributed by atoms with Crippen LogP contribution in [0.25, 0.3) is 0 Å². The predicted molar refractivity (Wildman–Crippen MR) is 58.8 cm³/mol. The van der Waals surface area contributed by atoms with Crippen molar-refractivity contribution in [3.05, 3.63) is 39.9 Å². The molecule has 1 fully saturated rings. The van der Waals surface area contributed by atoms with E-state index in [0.29, 0.717) is 0 Å². The number of benzene rings is 1. The fraction of sp³-hybridized carbons (Fsp3) is 0.500. The van der Waals surface area contributed by atoms with Crippen LogP contribution in [0, 0.1) is 16.0 Å². The van der Waals surface area contributed by atoms with E-state index in [1.807, 2.05) is 6.07 Å². The molecule has 2 rings (SSSR count). The molecule has 1 aromatic rings. The molecule has 0 aromatic heterocycles. The predicted octanol–water partition coefficient (Wildman–Crippen LogP) is 3.33. The maximum atomic E-state index is 10.6. The Hall–Kier alpha value is -1.38. The molecule has 0 amide bonds. The van der Waals surface area contributed by atoms with Crippen LogP contribution in [0.2, 0.25) is 0 Å². The lowest BCUT2D eigenvalue weighted by molar-refractivity contribution is -0.384. The van der Waals surface area contributed by atoms with E-state index in [1.165, 1.54) is 25.7 Å². The molecule has 1 aliphatic rings. The zero-order valence-corrected chi connectivity index (χ0v) is 8.69. The summed E-state index contributed by atoms with van der Waals surface area (Å²) in [4.78, 5) is 10.3. The maximum absolute atomic E-state index is 10.6. The van der Waals surface area contributed by atoms with Gasteiger partial charge < -0.3 is 0 Å². The SMILES string of the molecule is O=[N+]([O-])c1cccc(CC2CCCC2)c1. The first-order valence-corrected chi connectivity index (χ1v) is 5.49. The van der Waals surface area contributed by atoms with Crippen LogP contribution >= 0.6 is 0 Å². The van der Waals surface area contributed by atoms with Gasteiger partial charge in [0.25, 0.3) is 5.69 Å². The summed E-state index contributed by atoms with van der Waals surface area (Å²) in [5.74, 6) is 0.743. The molecule has 1 aromatic carbocycles. The van der Waals surface area contributed by atoms with Gasteiger partial charge in [0.1, 0.15) is 0 Å². The van der Waals surface area contributed by atoms with Gasteiger partial charge >= 0.3 is 0 Å². The van der Waals surface area contributed by atoms with Gasteiger partial charge in [-0.3, -0.25) is 10.1 Å². The summed E-state index contributed by atoms with van der Waals surface area (Å²) in [5.41, 5.74) is 1.32. The molecule has 80 valence electrons. The van der Waals surface area contributed by atoms with E-state index in [-0.39, 0.29) is 10.6 Å². The van der Waals surface area contributed by atoms with Gasteiger partial charge in [0, 0.05) is 12.1 Å². The average molecular weight is 205 g/mol. The van der Waals surface area contributed by atoms with Crippen molar-refractivity contribution >= 4 is 5.69 Å². The number of hydrogen-bond acceptors (Lipinski definition) is 2. The lowest BCUT2D eigenvalue weighted by atomic mass is 9.98. The fourth-order valence-corrected chi connectivity index (χ4v) is 2.34. The first kappa shape index (κ1) is 10.1. The summed E-state index contributed by atoms with van der Waals surface area (Å²) < 4.78 is 0. The van der Waals surface area contributed by atoms with Gasteiger partial charge in [-0.15, -0.1) is 0 Å². The highest BCUT2D eigenvalue weighted by molar-refractivity contribution is 5.34. The van der Waals surface area contributed by atoms with Gasteiger partial charge in [0.2, 0.25) is 0 Å². The zero-order valence-electron chi connectivity index (χ0n) is 8.69. The summed E-state index contributed by atoms with van der Waals surface area (Å²) in [5, 5.41) is 10.6. The molecule has 0 unspecified atom stereocenters. The second-order valence-corrected chi connectivity index (χ2v) is 4.28. The third-order valence-electron chi connectivity index (χ3n) is 3.12. The van der Waals surface area contributed by atoms with Crippen molar-refractivity contribution in [2.24, 2.45) is 5.92 Å². The number of nitro benzene ring substituents is 1. The second kappa shape index (κ2) is 4.43. The number of non-ortho nitro benzene ring substituents is 1. The van der Waals surface area contributed by atoms with Crippen molar-refractivity contribution in [1.29, 1.82) is 0 Å². The van der Waals surface area contributed by atoms with E-state index >= 15 is 0 Å². The molecule has 15 heavy (non-hydrogen) atoms. The van der Waals surface area contributed by atoms with Crippen LogP contribution < -0.4 is 0 Å². The number of nitrogens with zero attached hydrogens (tertiary/aromatic N) is 1. The highest BCUT2D eigenvalue weighted by Gasteiger charge is 2.16. The Morgan fingerprint density at radius 1 is 1.33 bits per heavy atom. The normalized spacial score (nSPS) is 16.8. The smallest absolute Gasteiger partial charge is 0.258 e. The van der Waals surface area contributed by atoms with Crippen LogP contribution in [0.5, 0.6) is 0 Å². The van der Waals surface area contributed by atoms with Gasteiger partial charge in [-0.2, -0.15) is 0 Å². The molecule has 1 saturated carbocycles. The van der Waals surface area contributed by atoms with E-state index in [9.17, 15) is 10.1 Å². The maximum Gasteiger partial charge on any atom is 0.269 e. The monoisotopic (exact) mass is 205 g/mol. The number of nitro groups is 1. The Kier molecular flexibility index (Phi) is 2.99. The third-order valence-corrected chi connectivity index (χ3v) is 3.12. The molecule has 0 aliphatic heterocycles. The number of rotatable bonds is 3.